The highest BCUT2D eigenvalue weighted by atomic mass is 16.4. The lowest BCUT2D eigenvalue weighted by molar-refractivity contribution is -0.141. The van der Waals surface area contributed by atoms with Crippen molar-refractivity contribution in [2.24, 2.45) is 11.8 Å². The molecule has 0 unspecified atom stereocenters. The molecule has 0 spiro atoms. The van der Waals surface area contributed by atoms with Crippen LogP contribution in [0, 0.1) is 18.8 Å². The van der Waals surface area contributed by atoms with Crippen LogP contribution in [0.4, 0.5) is 0 Å². The minimum Gasteiger partial charge on any atom is -0.481 e. The molecule has 3 heteroatoms. The lowest BCUT2D eigenvalue weighted by Gasteiger charge is -2.08. The molecule has 0 aliphatic heterocycles. The van der Waals surface area contributed by atoms with Crippen molar-refractivity contribution in [3.05, 3.63) is 35.4 Å². The summed E-state index contributed by atoms with van der Waals surface area (Å²) < 4.78 is 0. The van der Waals surface area contributed by atoms with Crippen LogP contribution in [0.5, 0.6) is 0 Å². The smallest absolute Gasteiger partial charge is 0.306 e. The van der Waals surface area contributed by atoms with Gasteiger partial charge in [0.1, 0.15) is 0 Å². The number of hydrogen-bond donors (Lipinski definition) is 1. The van der Waals surface area contributed by atoms with Crippen molar-refractivity contribution in [1.82, 2.24) is 0 Å². The van der Waals surface area contributed by atoms with Gasteiger partial charge in [0.25, 0.3) is 0 Å². The van der Waals surface area contributed by atoms with Gasteiger partial charge in [-0.1, -0.05) is 29.8 Å². The van der Waals surface area contributed by atoms with E-state index in [0.717, 1.165) is 17.5 Å². The van der Waals surface area contributed by atoms with Crippen LogP contribution < -0.4 is 0 Å². The molecule has 1 aromatic carbocycles. The van der Waals surface area contributed by atoms with Gasteiger partial charge in [0.15, 0.2) is 5.78 Å². The van der Waals surface area contributed by atoms with Crippen molar-refractivity contribution in [3.8, 4) is 0 Å². The first-order valence-corrected chi connectivity index (χ1v) is 6.39. The van der Waals surface area contributed by atoms with Crippen LogP contribution in [0.3, 0.4) is 0 Å². The number of rotatable bonds is 4. The summed E-state index contributed by atoms with van der Waals surface area (Å²) in [6, 6.07) is 7.56. The molecule has 1 aliphatic carbocycles. The minimum absolute atomic E-state index is 0.131. The highest BCUT2D eigenvalue weighted by Gasteiger charge is 2.30. The Balaban J connectivity index is 1.92. The lowest BCUT2D eigenvalue weighted by Crippen LogP contribution is -2.11. The number of carboxylic acids is 1. The molecule has 0 aromatic heterocycles. The van der Waals surface area contributed by atoms with Crippen LogP contribution in [0.2, 0.25) is 0 Å². The van der Waals surface area contributed by atoms with Crippen LogP contribution in [0.25, 0.3) is 0 Å². The number of aliphatic carboxylic acids is 1. The summed E-state index contributed by atoms with van der Waals surface area (Å²) in [5.41, 5.74) is 1.87. The lowest BCUT2D eigenvalue weighted by atomic mass is 9.95. The van der Waals surface area contributed by atoms with E-state index >= 15 is 0 Å². The van der Waals surface area contributed by atoms with Gasteiger partial charge in [-0.25, -0.2) is 0 Å². The molecule has 96 valence electrons. The van der Waals surface area contributed by atoms with Crippen LogP contribution >= 0.6 is 0 Å². The van der Waals surface area contributed by atoms with Gasteiger partial charge in [0, 0.05) is 12.0 Å². The van der Waals surface area contributed by atoms with E-state index in [1.165, 1.54) is 0 Å². The van der Waals surface area contributed by atoms with E-state index < -0.39 is 5.97 Å². The van der Waals surface area contributed by atoms with Gasteiger partial charge in [-0.2, -0.15) is 0 Å². The summed E-state index contributed by atoms with van der Waals surface area (Å²) >= 11 is 0. The minimum atomic E-state index is -0.722. The van der Waals surface area contributed by atoms with Gasteiger partial charge in [-0.15, -0.1) is 0 Å². The molecule has 18 heavy (non-hydrogen) atoms. The van der Waals surface area contributed by atoms with Crippen molar-refractivity contribution in [2.75, 3.05) is 0 Å². The van der Waals surface area contributed by atoms with E-state index in [1.54, 1.807) is 0 Å². The molecule has 1 aromatic rings. The Hall–Kier alpha value is -1.64. The highest BCUT2D eigenvalue weighted by molar-refractivity contribution is 5.96. The van der Waals surface area contributed by atoms with E-state index in [2.05, 4.69) is 0 Å². The highest BCUT2D eigenvalue weighted by Crippen LogP contribution is 2.33. The summed E-state index contributed by atoms with van der Waals surface area (Å²) in [6.07, 6.45) is 2.69. The van der Waals surface area contributed by atoms with Crippen LogP contribution in [-0.2, 0) is 4.79 Å². The number of ketones is 1. The normalized spacial score (nSPS) is 22.9. The largest absolute Gasteiger partial charge is 0.481 e. The number of benzene rings is 1. The number of hydrogen-bond acceptors (Lipinski definition) is 2. The van der Waals surface area contributed by atoms with Gasteiger partial charge >= 0.3 is 5.97 Å². The Morgan fingerprint density at radius 3 is 2.44 bits per heavy atom. The van der Waals surface area contributed by atoms with Gasteiger partial charge < -0.3 is 5.11 Å². The maximum atomic E-state index is 12.0. The molecular formula is C15H18O3. The molecule has 2 atom stereocenters. The fourth-order valence-electron chi connectivity index (χ4n) is 2.60. The quantitative estimate of drug-likeness (QED) is 0.831. The maximum absolute atomic E-state index is 12.0. The number of carbonyl (C=O) groups is 2. The number of aryl methyl sites for hydroxylation is 1. The van der Waals surface area contributed by atoms with Gasteiger partial charge in [0.2, 0.25) is 0 Å². The van der Waals surface area contributed by atoms with E-state index in [9.17, 15) is 9.59 Å². The molecule has 3 nitrogen and oxygen atoms in total. The third-order valence-corrected chi connectivity index (χ3v) is 3.74. The molecular weight excluding hydrogens is 228 g/mol. The molecule has 1 aliphatic rings. The zero-order valence-electron chi connectivity index (χ0n) is 10.6. The summed E-state index contributed by atoms with van der Waals surface area (Å²) in [5.74, 6) is -0.605. The summed E-state index contributed by atoms with van der Waals surface area (Å²) in [7, 11) is 0. The Bertz CT molecular complexity index is 447. The van der Waals surface area contributed by atoms with Crippen molar-refractivity contribution in [1.29, 1.82) is 0 Å². The van der Waals surface area contributed by atoms with Crippen LogP contribution in [-0.4, -0.2) is 16.9 Å². The molecule has 0 amide bonds. The second-order valence-corrected chi connectivity index (χ2v) is 5.21. The third kappa shape index (κ3) is 2.97. The number of carbonyl (C=O) groups excluding carboxylic acids is 1. The van der Waals surface area contributed by atoms with Gasteiger partial charge in [-0.05, 0) is 32.1 Å². The first-order valence-electron chi connectivity index (χ1n) is 6.39. The average Bonchev–Trinajstić information content (AvgIpc) is 2.78. The fraction of sp³-hybridized carbons (Fsp3) is 0.467. The van der Waals surface area contributed by atoms with Crippen molar-refractivity contribution >= 4 is 11.8 Å². The van der Waals surface area contributed by atoms with Crippen LogP contribution in [0.15, 0.2) is 24.3 Å². The summed E-state index contributed by atoms with van der Waals surface area (Å²) in [4.78, 5) is 22.9. The van der Waals surface area contributed by atoms with Crippen molar-refractivity contribution in [3.63, 3.8) is 0 Å². The Morgan fingerprint density at radius 1 is 1.22 bits per heavy atom. The summed E-state index contributed by atoms with van der Waals surface area (Å²) in [5, 5.41) is 8.93. The predicted octanol–water partition coefficient (Wildman–Crippen LogP) is 3.07. The Labute approximate surface area is 107 Å². The number of Topliss-reactive ketones (excluding diaryl/α,β-unsaturated/α-hetero) is 1. The zero-order chi connectivity index (χ0) is 13.1. The molecule has 0 heterocycles. The predicted molar refractivity (Wildman–Crippen MR) is 68.6 cm³/mol. The Morgan fingerprint density at radius 2 is 1.89 bits per heavy atom. The topological polar surface area (TPSA) is 54.4 Å². The second kappa shape index (κ2) is 5.34. The standard InChI is InChI=1S/C15H18O3/c1-10-2-5-12(6-3-10)14(16)9-11-4-7-13(8-11)15(17)18/h2-3,5-6,11,13H,4,7-9H2,1H3,(H,17,18)/t11-,13+/m0/s1. The van der Waals surface area contributed by atoms with E-state index in [0.29, 0.717) is 19.3 Å². The maximum Gasteiger partial charge on any atom is 0.306 e. The second-order valence-electron chi connectivity index (χ2n) is 5.21. The SMILES string of the molecule is Cc1ccc(C(=O)C[C@H]2CC[C@@H](C(=O)O)C2)cc1. The van der Waals surface area contributed by atoms with E-state index in [1.807, 2.05) is 31.2 Å². The molecule has 1 N–H and O–H groups in total. The zero-order valence-corrected chi connectivity index (χ0v) is 10.6. The molecule has 0 saturated heterocycles. The first-order chi connectivity index (χ1) is 8.56. The molecule has 2 rings (SSSR count). The fourth-order valence-corrected chi connectivity index (χ4v) is 2.60. The van der Waals surface area contributed by atoms with E-state index in [4.69, 9.17) is 5.11 Å². The number of carboxylic acid groups (broad SMARTS) is 1. The van der Waals surface area contributed by atoms with Gasteiger partial charge in [-0.3, -0.25) is 9.59 Å². The Kier molecular flexibility index (Phi) is 3.80. The molecule has 1 saturated carbocycles. The first kappa shape index (κ1) is 12.8. The van der Waals surface area contributed by atoms with Gasteiger partial charge in [0.05, 0.1) is 5.92 Å². The molecule has 0 radical (unpaired) electrons. The van der Waals surface area contributed by atoms with Crippen LogP contribution in [0.1, 0.15) is 41.6 Å². The molecule has 0 bridgehead atoms. The summed E-state index contributed by atoms with van der Waals surface area (Å²) in [6.45, 7) is 1.99. The molecule has 1 fully saturated rings. The van der Waals surface area contributed by atoms with Crippen molar-refractivity contribution < 1.29 is 14.7 Å². The van der Waals surface area contributed by atoms with E-state index in [-0.39, 0.29) is 17.6 Å². The monoisotopic (exact) mass is 246 g/mol. The third-order valence-electron chi connectivity index (χ3n) is 3.74. The van der Waals surface area contributed by atoms with Crippen molar-refractivity contribution in [2.45, 2.75) is 32.6 Å². The average molecular weight is 246 g/mol.